The van der Waals surface area contributed by atoms with Crippen LogP contribution in [0.2, 0.25) is 0 Å². The molecular weight excluding hydrogens is 184 g/mol. The van der Waals surface area contributed by atoms with Gasteiger partial charge in [-0.15, -0.1) is 0 Å². The summed E-state index contributed by atoms with van der Waals surface area (Å²) in [5.74, 6) is 5.06. The highest BCUT2D eigenvalue weighted by Gasteiger charge is 1.92. The Hall–Kier alpha value is -0.680. The molecule has 0 spiro atoms. The Morgan fingerprint density at radius 1 is 1.46 bits per heavy atom. The van der Waals surface area contributed by atoms with E-state index in [1.807, 2.05) is 6.92 Å². The van der Waals surface area contributed by atoms with Crippen molar-refractivity contribution in [3.05, 3.63) is 0 Å². The Labute approximate surface area is 84.9 Å². The lowest BCUT2D eigenvalue weighted by molar-refractivity contribution is 0.738. The van der Waals surface area contributed by atoms with Crippen molar-refractivity contribution in [3.8, 4) is 0 Å². The quantitative estimate of drug-likeness (QED) is 0.207. The molecule has 0 aromatic heterocycles. The predicted octanol–water partition coefficient (Wildman–Crippen LogP) is 1.28. The first-order valence-electron chi connectivity index (χ1n) is 4.50. The Kier molecular flexibility index (Phi) is 7.53. The second-order valence-corrected chi connectivity index (χ2v) is 3.30. The highest BCUT2D eigenvalue weighted by molar-refractivity contribution is 7.80. The highest BCUT2D eigenvalue weighted by atomic mass is 32.1. The van der Waals surface area contributed by atoms with Crippen LogP contribution in [0.15, 0.2) is 5.10 Å². The number of hydrazone groups is 1. The highest BCUT2D eigenvalue weighted by Crippen LogP contribution is 1.99. The number of hydrazine groups is 1. The van der Waals surface area contributed by atoms with Gasteiger partial charge >= 0.3 is 0 Å². The summed E-state index contributed by atoms with van der Waals surface area (Å²) in [6, 6.07) is 0. The molecule has 0 saturated heterocycles. The monoisotopic (exact) mass is 202 g/mol. The molecule has 5 heteroatoms. The lowest BCUT2D eigenvalue weighted by Gasteiger charge is -2.02. The van der Waals surface area contributed by atoms with Crippen LogP contribution in [-0.4, -0.2) is 10.8 Å². The SMILES string of the molecule is CCCCC/C(C)=N\NC(=S)NN. The normalized spacial score (nSPS) is 11.2. The molecule has 0 rings (SSSR count). The number of nitrogens with zero attached hydrogens (tertiary/aromatic N) is 1. The summed E-state index contributed by atoms with van der Waals surface area (Å²) < 4.78 is 0. The number of unbranched alkanes of at least 4 members (excludes halogenated alkanes) is 2. The Balaban J connectivity index is 3.56. The van der Waals surface area contributed by atoms with E-state index in [1.54, 1.807) is 0 Å². The lowest BCUT2D eigenvalue weighted by Crippen LogP contribution is -2.37. The molecular formula is C8H18N4S. The van der Waals surface area contributed by atoms with Crippen LogP contribution in [0.5, 0.6) is 0 Å². The van der Waals surface area contributed by atoms with E-state index in [9.17, 15) is 0 Å². The van der Waals surface area contributed by atoms with E-state index in [4.69, 9.17) is 18.1 Å². The van der Waals surface area contributed by atoms with Gasteiger partial charge in [0.2, 0.25) is 5.11 Å². The number of thiocarbonyl (C=S) groups is 1. The first-order chi connectivity index (χ1) is 6.20. The zero-order valence-corrected chi connectivity index (χ0v) is 9.08. The molecule has 0 bridgehead atoms. The van der Waals surface area contributed by atoms with Crippen molar-refractivity contribution >= 4 is 23.0 Å². The maximum Gasteiger partial charge on any atom is 0.201 e. The third-order valence-corrected chi connectivity index (χ3v) is 1.83. The van der Waals surface area contributed by atoms with E-state index in [2.05, 4.69) is 22.9 Å². The molecule has 4 N–H and O–H groups in total. The van der Waals surface area contributed by atoms with Crippen LogP contribution in [0.4, 0.5) is 0 Å². The summed E-state index contributed by atoms with van der Waals surface area (Å²) in [6.07, 6.45) is 4.65. The van der Waals surface area contributed by atoms with Gasteiger partial charge in [0.25, 0.3) is 0 Å². The second kappa shape index (κ2) is 7.94. The second-order valence-electron chi connectivity index (χ2n) is 2.89. The number of nitrogens with one attached hydrogen (secondary N) is 2. The average Bonchev–Trinajstić information content (AvgIpc) is 2.14. The predicted molar refractivity (Wildman–Crippen MR) is 60.3 cm³/mol. The number of nitrogens with two attached hydrogens (primary N) is 1. The van der Waals surface area contributed by atoms with Crippen LogP contribution < -0.4 is 16.7 Å². The maximum absolute atomic E-state index is 5.06. The van der Waals surface area contributed by atoms with E-state index < -0.39 is 0 Å². The fourth-order valence-electron chi connectivity index (χ4n) is 0.865. The van der Waals surface area contributed by atoms with E-state index in [0.29, 0.717) is 5.11 Å². The molecule has 0 amide bonds. The molecule has 4 nitrogen and oxygen atoms in total. The van der Waals surface area contributed by atoms with Gasteiger partial charge in [0.1, 0.15) is 0 Å². The van der Waals surface area contributed by atoms with Crippen molar-refractivity contribution in [2.45, 2.75) is 39.5 Å². The van der Waals surface area contributed by atoms with Crippen LogP contribution in [-0.2, 0) is 0 Å². The molecule has 13 heavy (non-hydrogen) atoms. The summed E-state index contributed by atoms with van der Waals surface area (Å²) in [6.45, 7) is 4.15. The summed E-state index contributed by atoms with van der Waals surface area (Å²) in [4.78, 5) is 0. The first kappa shape index (κ1) is 12.3. The Morgan fingerprint density at radius 2 is 2.15 bits per heavy atom. The summed E-state index contributed by atoms with van der Waals surface area (Å²) in [7, 11) is 0. The van der Waals surface area contributed by atoms with Gasteiger partial charge in [-0.2, -0.15) is 5.10 Å². The van der Waals surface area contributed by atoms with Crippen molar-refractivity contribution in [2.24, 2.45) is 10.9 Å². The largest absolute Gasteiger partial charge is 0.300 e. The minimum Gasteiger partial charge on any atom is -0.300 e. The van der Waals surface area contributed by atoms with Crippen molar-refractivity contribution in [2.75, 3.05) is 0 Å². The molecule has 0 aliphatic rings. The Morgan fingerprint density at radius 3 is 2.69 bits per heavy atom. The van der Waals surface area contributed by atoms with Gasteiger partial charge < -0.3 is 0 Å². The van der Waals surface area contributed by atoms with Gasteiger partial charge in [0, 0.05) is 5.71 Å². The van der Waals surface area contributed by atoms with Gasteiger partial charge in [0.05, 0.1) is 0 Å². The summed E-state index contributed by atoms with van der Waals surface area (Å²) in [5, 5.41) is 4.39. The van der Waals surface area contributed by atoms with Crippen LogP contribution in [0.3, 0.4) is 0 Å². The number of rotatable bonds is 5. The molecule has 76 valence electrons. The molecule has 0 aliphatic carbocycles. The van der Waals surface area contributed by atoms with Crippen molar-refractivity contribution < 1.29 is 0 Å². The minimum absolute atomic E-state index is 0.342. The van der Waals surface area contributed by atoms with Crippen LogP contribution >= 0.6 is 12.2 Å². The third-order valence-electron chi connectivity index (χ3n) is 1.62. The van der Waals surface area contributed by atoms with Crippen LogP contribution in [0.1, 0.15) is 39.5 Å². The lowest BCUT2D eigenvalue weighted by atomic mass is 10.1. The van der Waals surface area contributed by atoms with Gasteiger partial charge in [0.15, 0.2) is 0 Å². The fourth-order valence-corrected chi connectivity index (χ4v) is 0.911. The molecule has 0 aromatic carbocycles. The minimum atomic E-state index is 0.342. The third kappa shape index (κ3) is 7.67. The van der Waals surface area contributed by atoms with E-state index in [0.717, 1.165) is 12.1 Å². The topological polar surface area (TPSA) is 62.4 Å². The van der Waals surface area contributed by atoms with Crippen LogP contribution in [0.25, 0.3) is 0 Å². The molecule has 0 unspecified atom stereocenters. The van der Waals surface area contributed by atoms with Crippen molar-refractivity contribution in [3.63, 3.8) is 0 Å². The molecule has 0 atom stereocenters. The van der Waals surface area contributed by atoms with E-state index in [-0.39, 0.29) is 0 Å². The zero-order chi connectivity index (χ0) is 10.1. The smallest absolute Gasteiger partial charge is 0.201 e. The van der Waals surface area contributed by atoms with Crippen LogP contribution in [0, 0.1) is 0 Å². The fraction of sp³-hybridized carbons (Fsp3) is 0.750. The molecule has 0 fully saturated rings. The van der Waals surface area contributed by atoms with Gasteiger partial charge in [-0.3, -0.25) is 10.9 Å². The van der Waals surface area contributed by atoms with E-state index in [1.165, 1.54) is 19.3 Å². The van der Waals surface area contributed by atoms with Crippen molar-refractivity contribution in [1.29, 1.82) is 0 Å². The molecule has 0 radical (unpaired) electrons. The Bertz CT molecular complexity index is 179. The molecule has 0 aromatic rings. The standard InChI is InChI=1S/C8H18N4S/c1-3-4-5-6-7(2)11-12-8(13)10-9/h3-6,9H2,1-2H3,(H2,10,12,13)/b11-7-. The molecule has 0 aliphatic heterocycles. The first-order valence-corrected chi connectivity index (χ1v) is 4.91. The number of hydrogen-bond donors (Lipinski definition) is 3. The van der Waals surface area contributed by atoms with Gasteiger partial charge in [-0.1, -0.05) is 19.8 Å². The molecule has 0 saturated carbocycles. The number of hydrogen-bond acceptors (Lipinski definition) is 3. The summed E-state index contributed by atoms with van der Waals surface area (Å²) in [5.41, 5.74) is 5.99. The molecule has 0 heterocycles. The van der Waals surface area contributed by atoms with Gasteiger partial charge in [-0.05, 0) is 32.0 Å². The zero-order valence-electron chi connectivity index (χ0n) is 8.26. The van der Waals surface area contributed by atoms with Crippen molar-refractivity contribution in [1.82, 2.24) is 10.9 Å². The van der Waals surface area contributed by atoms with Gasteiger partial charge in [-0.25, -0.2) is 5.84 Å². The average molecular weight is 202 g/mol. The maximum atomic E-state index is 5.06. The summed E-state index contributed by atoms with van der Waals surface area (Å²) >= 11 is 4.75. The van der Waals surface area contributed by atoms with E-state index >= 15 is 0 Å².